The van der Waals surface area contributed by atoms with Crippen LogP contribution in [0.5, 0.6) is 0 Å². The fraction of sp³-hybridized carbons (Fsp3) is 0. The van der Waals surface area contributed by atoms with E-state index in [1.54, 1.807) is 0 Å². The number of hydrogen-bond donors (Lipinski definition) is 6. The molecule has 19 heteroatoms. The standard InChI is InChI=1S/4Al.3H2O3Si.3O/c;;;;3*1-4(2)3;;;/h;;;;3*1-2H;;;/q4*+3;;;;3*-2. The molecular weight excluding hydrogens is 384 g/mol. The molecule has 0 aliphatic carbocycles. The Balaban J connectivity index is -0.00000000675. The molecule has 0 spiro atoms. The maximum Gasteiger partial charge on any atom is 3.00 e. The summed E-state index contributed by atoms with van der Waals surface area (Å²) < 4.78 is 26.2. The van der Waals surface area contributed by atoms with E-state index in [4.69, 9.17) is 42.2 Å². The molecule has 0 fully saturated rings. The van der Waals surface area contributed by atoms with Crippen molar-refractivity contribution < 1.29 is 58.6 Å². The minimum Gasteiger partial charge on any atom is -2.00 e. The molecule has 0 aliphatic rings. The Morgan fingerprint density at radius 3 is 0.421 bits per heavy atom. The van der Waals surface area contributed by atoms with Gasteiger partial charge in [0.2, 0.25) is 0 Å². The third-order valence-corrected chi connectivity index (χ3v) is 0. The van der Waals surface area contributed by atoms with Crippen LogP contribution < -0.4 is 0 Å². The Morgan fingerprint density at radius 1 is 0.421 bits per heavy atom. The van der Waals surface area contributed by atoms with Crippen molar-refractivity contribution in [2.75, 3.05) is 0 Å². The first-order valence-corrected chi connectivity index (χ1v) is 5.86. The summed E-state index contributed by atoms with van der Waals surface area (Å²) in [5.74, 6) is 0. The van der Waals surface area contributed by atoms with Crippen LogP contribution in [0.2, 0.25) is 0 Å². The van der Waals surface area contributed by atoms with Gasteiger partial charge in [-0.05, 0) is 0 Å². The summed E-state index contributed by atoms with van der Waals surface area (Å²) in [4.78, 5) is 42.9. The second-order valence-electron chi connectivity index (χ2n) is 0.848. The zero-order valence-electron chi connectivity index (χ0n) is 8.94. The van der Waals surface area contributed by atoms with Gasteiger partial charge in [-0.2, -0.15) is 0 Å². The van der Waals surface area contributed by atoms with Gasteiger partial charge >= 0.3 is 97.0 Å². The second-order valence-corrected chi connectivity index (χ2v) is 2.54. The van der Waals surface area contributed by atoms with Crippen LogP contribution in [0.4, 0.5) is 0 Å². The zero-order chi connectivity index (χ0) is 10.7. The largest absolute Gasteiger partial charge is 3.00 e. The van der Waals surface area contributed by atoms with Crippen LogP contribution in [0.3, 0.4) is 0 Å². The number of rotatable bonds is 0. The Bertz CT molecular complexity index is 123. The summed E-state index contributed by atoms with van der Waals surface area (Å²) in [5, 5.41) is 0. The van der Waals surface area contributed by atoms with Crippen molar-refractivity contribution in [3.05, 3.63) is 0 Å². The van der Waals surface area contributed by atoms with Gasteiger partial charge in [-0.3, -0.25) is 13.4 Å². The average molecular weight is 390 g/mol. The fourth-order valence-corrected chi connectivity index (χ4v) is 0. The molecule has 0 radical (unpaired) electrons. The maximum atomic E-state index is 8.74. The number of hydrogen-bond acceptors (Lipinski definition) is 3. The first-order chi connectivity index (χ1) is 5.20. The third-order valence-electron chi connectivity index (χ3n) is 0. The Morgan fingerprint density at radius 2 is 0.421 bits per heavy atom. The molecule has 0 unspecified atom stereocenters. The van der Waals surface area contributed by atoms with E-state index >= 15 is 0 Å². The van der Waals surface area contributed by atoms with E-state index in [0.717, 1.165) is 0 Å². The third kappa shape index (κ3) is 7240. The zero-order valence-corrected chi connectivity index (χ0v) is 16.6. The van der Waals surface area contributed by atoms with E-state index in [9.17, 15) is 0 Å². The molecule has 0 saturated carbocycles. The van der Waals surface area contributed by atoms with Crippen molar-refractivity contribution >= 4 is 97.0 Å². The van der Waals surface area contributed by atoms with Gasteiger partial charge in [0.15, 0.2) is 0 Å². The first kappa shape index (κ1) is 72.7. The van der Waals surface area contributed by atoms with Crippen molar-refractivity contribution in [2.24, 2.45) is 0 Å². The van der Waals surface area contributed by atoms with Gasteiger partial charge in [-0.25, -0.2) is 0 Å². The smallest absolute Gasteiger partial charge is 2.00 e. The molecule has 0 heterocycles. The van der Waals surface area contributed by atoms with E-state index in [2.05, 4.69) is 0 Å². The van der Waals surface area contributed by atoms with Crippen molar-refractivity contribution in [3.8, 4) is 0 Å². The van der Waals surface area contributed by atoms with Crippen LogP contribution in [0.1, 0.15) is 0 Å². The summed E-state index contributed by atoms with van der Waals surface area (Å²) in [6, 6.07) is 0. The van der Waals surface area contributed by atoms with E-state index in [-0.39, 0.29) is 85.9 Å². The minimum absolute atomic E-state index is 0. The molecule has 6 N–H and O–H groups in total. The van der Waals surface area contributed by atoms with Crippen LogP contribution >= 0.6 is 0 Å². The molecular formula is H6Al4O12Si3+6. The van der Waals surface area contributed by atoms with E-state index in [1.807, 2.05) is 0 Å². The molecule has 0 atom stereocenters. The predicted molar refractivity (Wildman–Crippen MR) is 57.7 cm³/mol. The minimum atomic E-state index is -3.13. The summed E-state index contributed by atoms with van der Waals surface area (Å²) in [7, 11) is -9.39. The molecule has 0 bridgehead atoms. The van der Waals surface area contributed by atoms with E-state index < -0.39 is 27.5 Å². The molecule has 0 rings (SSSR count). The van der Waals surface area contributed by atoms with Gasteiger partial charge in [-0.15, -0.1) is 0 Å². The predicted octanol–water partition coefficient (Wildman–Crippen LogP) is -6.72. The normalized spacial score (nSPS) is 3.79. The summed E-state index contributed by atoms with van der Waals surface area (Å²) in [6.45, 7) is 0. The van der Waals surface area contributed by atoms with Crippen LogP contribution in [-0.2, 0) is 29.8 Å². The fourth-order valence-electron chi connectivity index (χ4n) is 0. The molecule has 0 aromatic rings. The van der Waals surface area contributed by atoms with Gasteiger partial charge in [0.1, 0.15) is 0 Å². The summed E-state index contributed by atoms with van der Waals surface area (Å²) in [6.07, 6.45) is 0. The van der Waals surface area contributed by atoms with E-state index in [0.29, 0.717) is 0 Å². The van der Waals surface area contributed by atoms with Gasteiger partial charge in [0, 0.05) is 0 Å². The maximum absolute atomic E-state index is 8.74. The SMILES string of the molecule is O=[Si](O)O.O=[Si](O)O.O=[Si](O)O.[Al+3].[Al+3].[Al+3].[Al+3].[O-2].[O-2].[O-2]. The van der Waals surface area contributed by atoms with E-state index in [1.165, 1.54) is 0 Å². The topological polar surface area (TPSA) is 258 Å². The molecule has 0 aromatic carbocycles. The Labute approximate surface area is 154 Å². The van der Waals surface area contributed by atoms with Crippen LogP contribution in [0.25, 0.3) is 0 Å². The molecule has 12 nitrogen and oxygen atoms in total. The van der Waals surface area contributed by atoms with Crippen LogP contribution in [-0.4, -0.2) is 126 Å². The molecule has 0 amide bonds. The summed E-state index contributed by atoms with van der Waals surface area (Å²) >= 11 is 0. The second kappa shape index (κ2) is 61.9. The molecule has 0 saturated heterocycles. The van der Waals surface area contributed by atoms with Crippen LogP contribution in [0, 0.1) is 0 Å². The monoisotopic (exact) mass is 390 g/mol. The first-order valence-electron chi connectivity index (χ1n) is 1.95. The molecule has 19 heavy (non-hydrogen) atoms. The Kier molecular flexibility index (Phi) is 237. The van der Waals surface area contributed by atoms with Crippen molar-refractivity contribution in [2.45, 2.75) is 0 Å². The van der Waals surface area contributed by atoms with Gasteiger partial charge in [0.25, 0.3) is 0 Å². The van der Waals surface area contributed by atoms with Gasteiger partial charge < -0.3 is 45.2 Å². The molecule has 96 valence electrons. The van der Waals surface area contributed by atoms with Crippen molar-refractivity contribution in [1.29, 1.82) is 0 Å². The Hall–Kier alpha value is 0.861. The van der Waals surface area contributed by atoms with Gasteiger partial charge in [0.05, 0.1) is 0 Å². The van der Waals surface area contributed by atoms with Crippen molar-refractivity contribution in [3.63, 3.8) is 0 Å². The molecule has 0 aliphatic heterocycles. The van der Waals surface area contributed by atoms with Crippen molar-refractivity contribution in [1.82, 2.24) is 0 Å². The average Bonchev–Trinajstić information content (AvgIpc) is 1.54. The summed E-state index contributed by atoms with van der Waals surface area (Å²) in [5.41, 5.74) is 0. The van der Waals surface area contributed by atoms with Crippen LogP contribution in [0.15, 0.2) is 0 Å². The van der Waals surface area contributed by atoms with Gasteiger partial charge in [-0.1, -0.05) is 0 Å². The molecule has 0 aromatic heterocycles. The quantitative estimate of drug-likeness (QED) is 0.214.